The number of hydrogen-bond acceptors (Lipinski definition) is 4. The van der Waals surface area contributed by atoms with Crippen LogP contribution in [0.3, 0.4) is 0 Å². The van der Waals surface area contributed by atoms with Gasteiger partial charge in [-0.3, -0.25) is 4.99 Å². The van der Waals surface area contributed by atoms with Crippen molar-refractivity contribution in [1.82, 2.24) is 15.6 Å². The lowest BCUT2D eigenvalue weighted by Crippen LogP contribution is -2.50. The molecule has 0 aliphatic carbocycles. The summed E-state index contributed by atoms with van der Waals surface area (Å²) in [5.74, 6) is 1.70. The Morgan fingerprint density at radius 3 is 2.77 bits per heavy atom. The van der Waals surface area contributed by atoms with E-state index >= 15 is 0 Å². The van der Waals surface area contributed by atoms with Gasteiger partial charge < -0.3 is 20.3 Å². The van der Waals surface area contributed by atoms with Crippen LogP contribution in [0, 0.1) is 0 Å². The van der Waals surface area contributed by atoms with Gasteiger partial charge >= 0.3 is 0 Å². The van der Waals surface area contributed by atoms with Gasteiger partial charge in [-0.25, -0.2) is 4.98 Å². The Morgan fingerprint density at radius 1 is 1.23 bits per heavy atom. The highest BCUT2D eigenvalue weighted by Gasteiger charge is 2.35. The summed E-state index contributed by atoms with van der Waals surface area (Å²) in [6.07, 6.45) is 4.83. The molecule has 160 valence electrons. The van der Waals surface area contributed by atoms with Gasteiger partial charge in [0.15, 0.2) is 5.96 Å². The molecule has 0 spiro atoms. The van der Waals surface area contributed by atoms with Gasteiger partial charge in [-0.1, -0.05) is 41.9 Å². The maximum absolute atomic E-state index is 6.32. The van der Waals surface area contributed by atoms with Crippen LogP contribution in [0.4, 0.5) is 5.82 Å². The first kappa shape index (κ1) is 20.9. The number of hydrogen-bond donors (Lipinski definition) is 2. The van der Waals surface area contributed by atoms with Gasteiger partial charge in [-0.2, -0.15) is 0 Å². The third kappa shape index (κ3) is 4.71. The fourth-order valence-electron chi connectivity index (χ4n) is 4.44. The monoisotopic (exact) mass is 427 g/mol. The minimum Gasteiger partial charge on any atom is -0.381 e. The van der Waals surface area contributed by atoms with Crippen LogP contribution in [0.15, 0.2) is 53.7 Å². The Morgan fingerprint density at radius 2 is 2.03 bits per heavy atom. The summed E-state index contributed by atoms with van der Waals surface area (Å²) >= 11 is 6.32. The summed E-state index contributed by atoms with van der Waals surface area (Å²) in [5, 5.41) is 7.88. The molecular formula is C23H30ClN5O. The molecule has 1 aromatic carbocycles. The van der Waals surface area contributed by atoms with Crippen LogP contribution in [0.25, 0.3) is 0 Å². The summed E-state index contributed by atoms with van der Waals surface area (Å²) in [4.78, 5) is 11.2. The average Bonchev–Trinajstić information content (AvgIpc) is 3.26. The largest absolute Gasteiger partial charge is 0.381 e. The molecular weight excluding hydrogens is 398 g/mol. The molecule has 6 nitrogen and oxygen atoms in total. The molecule has 1 unspecified atom stereocenters. The number of pyridine rings is 1. The lowest BCUT2D eigenvalue weighted by atomic mass is 9.74. The maximum Gasteiger partial charge on any atom is 0.191 e. The predicted octanol–water partition coefficient (Wildman–Crippen LogP) is 3.23. The average molecular weight is 428 g/mol. The van der Waals surface area contributed by atoms with Gasteiger partial charge in [0.2, 0.25) is 0 Å². The standard InChI is InChI=1S/C23H30ClN5O/c1-25-22(28-19-9-13-29(16-19)21-20(24)8-5-12-26-21)27-17-23(10-14-30-15-11-23)18-6-3-2-4-7-18/h2-8,12,19H,9-11,13-17H2,1H3,(H2,25,27,28). The first-order valence-corrected chi connectivity index (χ1v) is 11.0. The summed E-state index contributed by atoms with van der Waals surface area (Å²) in [7, 11) is 1.83. The van der Waals surface area contributed by atoms with Crippen LogP contribution >= 0.6 is 11.6 Å². The molecule has 4 rings (SSSR count). The summed E-state index contributed by atoms with van der Waals surface area (Å²) < 4.78 is 5.65. The fraction of sp³-hybridized carbons (Fsp3) is 0.478. The SMILES string of the molecule is CN=C(NCC1(c2ccccc2)CCOCC1)NC1CCN(c2ncccc2Cl)C1. The van der Waals surface area contributed by atoms with E-state index in [1.165, 1.54) is 5.56 Å². The van der Waals surface area contributed by atoms with E-state index in [2.05, 4.69) is 55.8 Å². The van der Waals surface area contributed by atoms with Crippen molar-refractivity contribution < 1.29 is 4.74 Å². The minimum atomic E-state index is 0.0698. The molecule has 1 atom stereocenters. The molecule has 2 aromatic rings. The minimum absolute atomic E-state index is 0.0698. The molecule has 0 amide bonds. The van der Waals surface area contributed by atoms with Crippen molar-refractivity contribution in [3.63, 3.8) is 0 Å². The van der Waals surface area contributed by atoms with E-state index in [0.717, 1.165) is 63.9 Å². The predicted molar refractivity (Wildman–Crippen MR) is 123 cm³/mol. The Kier molecular flexibility index (Phi) is 6.75. The van der Waals surface area contributed by atoms with E-state index in [1.807, 2.05) is 19.2 Å². The summed E-state index contributed by atoms with van der Waals surface area (Å²) in [5.41, 5.74) is 1.44. The third-order valence-electron chi connectivity index (χ3n) is 6.22. The number of ether oxygens (including phenoxy) is 1. The molecule has 2 aliphatic heterocycles. The molecule has 2 fully saturated rings. The first-order valence-electron chi connectivity index (χ1n) is 10.7. The second kappa shape index (κ2) is 9.67. The van der Waals surface area contributed by atoms with Crippen molar-refractivity contribution in [1.29, 1.82) is 0 Å². The second-order valence-corrected chi connectivity index (χ2v) is 8.48. The Balaban J connectivity index is 1.37. The number of guanidine groups is 1. The highest BCUT2D eigenvalue weighted by molar-refractivity contribution is 6.32. The van der Waals surface area contributed by atoms with E-state index in [0.29, 0.717) is 11.1 Å². The second-order valence-electron chi connectivity index (χ2n) is 8.07. The number of nitrogens with one attached hydrogen (secondary N) is 2. The van der Waals surface area contributed by atoms with Crippen LogP contribution in [0.1, 0.15) is 24.8 Å². The smallest absolute Gasteiger partial charge is 0.191 e. The molecule has 0 radical (unpaired) electrons. The van der Waals surface area contributed by atoms with E-state index < -0.39 is 0 Å². The number of halogens is 1. The molecule has 0 bridgehead atoms. The van der Waals surface area contributed by atoms with Crippen LogP contribution < -0.4 is 15.5 Å². The third-order valence-corrected chi connectivity index (χ3v) is 6.52. The quantitative estimate of drug-likeness (QED) is 0.566. The van der Waals surface area contributed by atoms with Gasteiger partial charge in [-0.05, 0) is 37.0 Å². The highest BCUT2D eigenvalue weighted by Crippen LogP contribution is 2.34. The maximum atomic E-state index is 6.32. The van der Waals surface area contributed by atoms with E-state index in [-0.39, 0.29) is 5.41 Å². The molecule has 2 N–H and O–H groups in total. The van der Waals surface area contributed by atoms with Crippen molar-refractivity contribution >= 4 is 23.4 Å². The normalized spacial score (nSPS) is 21.5. The molecule has 1 aromatic heterocycles. The Bertz CT molecular complexity index is 854. The van der Waals surface area contributed by atoms with Gasteiger partial charge in [0.25, 0.3) is 0 Å². The van der Waals surface area contributed by atoms with Crippen molar-refractivity contribution in [2.75, 3.05) is 44.8 Å². The van der Waals surface area contributed by atoms with Crippen molar-refractivity contribution in [3.8, 4) is 0 Å². The number of aromatic nitrogens is 1. The molecule has 7 heteroatoms. The van der Waals surface area contributed by atoms with Gasteiger partial charge in [-0.15, -0.1) is 0 Å². The molecule has 30 heavy (non-hydrogen) atoms. The molecule has 2 saturated heterocycles. The van der Waals surface area contributed by atoms with Gasteiger partial charge in [0.05, 0.1) is 5.02 Å². The van der Waals surface area contributed by atoms with Crippen LogP contribution in [0.2, 0.25) is 5.02 Å². The van der Waals surface area contributed by atoms with Crippen LogP contribution in [-0.2, 0) is 10.2 Å². The van der Waals surface area contributed by atoms with E-state index in [4.69, 9.17) is 16.3 Å². The van der Waals surface area contributed by atoms with Gasteiger partial charge in [0, 0.05) is 57.5 Å². The highest BCUT2D eigenvalue weighted by atomic mass is 35.5. The zero-order chi connectivity index (χ0) is 20.8. The molecule has 0 saturated carbocycles. The van der Waals surface area contributed by atoms with Gasteiger partial charge in [0.1, 0.15) is 5.82 Å². The van der Waals surface area contributed by atoms with Crippen molar-refractivity contribution in [2.24, 2.45) is 4.99 Å². The Labute approximate surface area is 183 Å². The number of aliphatic imine (C=N–C) groups is 1. The van der Waals surface area contributed by atoms with Crippen molar-refractivity contribution in [3.05, 3.63) is 59.2 Å². The number of nitrogens with zero attached hydrogens (tertiary/aromatic N) is 3. The van der Waals surface area contributed by atoms with Crippen LogP contribution in [0.5, 0.6) is 0 Å². The first-order chi connectivity index (χ1) is 14.7. The molecule has 3 heterocycles. The lowest BCUT2D eigenvalue weighted by Gasteiger charge is -2.38. The van der Waals surface area contributed by atoms with E-state index in [1.54, 1.807) is 6.20 Å². The summed E-state index contributed by atoms with van der Waals surface area (Å²) in [6.45, 7) is 4.21. The number of rotatable bonds is 5. The molecule has 2 aliphatic rings. The zero-order valence-electron chi connectivity index (χ0n) is 17.5. The van der Waals surface area contributed by atoms with E-state index in [9.17, 15) is 0 Å². The zero-order valence-corrected chi connectivity index (χ0v) is 18.2. The summed E-state index contributed by atoms with van der Waals surface area (Å²) in [6, 6.07) is 14.8. The van der Waals surface area contributed by atoms with Crippen molar-refractivity contribution in [2.45, 2.75) is 30.7 Å². The Hall–Kier alpha value is -2.31. The number of benzene rings is 1. The lowest BCUT2D eigenvalue weighted by molar-refractivity contribution is 0.0513. The topological polar surface area (TPSA) is 61.8 Å². The number of anilines is 1. The fourth-order valence-corrected chi connectivity index (χ4v) is 4.68. The van der Waals surface area contributed by atoms with Crippen LogP contribution in [-0.4, -0.2) is 56.9 Å².